The number of thiophene rings is 1. The summed E-state index contributed by atoms with van der Waals surface area (Å²) in [6.07, 6.45) is 0.942. The molecule has 0 aliphatic rings. The van der Waals surface area contributed by atoms with Gasteiger partial charge in [-0.15, -0.1) is 11.3 Å². The molecule has 0 unspecified atom stereocenters. The number of H-pyrrole nitrogens is 1. The fraction of sp³-hybridized carbons (Fsp3) is 0.278. The van der Waals surface area contributed by atoms with Crippen molar-refractivity contribution < 1.29 is 14.3 Å². The van der Waals surface area contributed by atoms with E-state index in [1.54, 1.807) is 30.6 Å². The number of hydrogen-bond donors (Lipinski definition) is 2. The van der Waals surface area contributed by atoms with Crippen LogP contribution in [0.4, 0.5) is 0 Å². The molecule has 3 rings (SSSR count). The van der Waals surface area contributed by atoms with Crippen molar-refractivity contribution in [2.75, 3.05) is 13.7 Å². The van der Waals surface area contributed by atoms with Crippen LogP contribution in [0.15, 0.2) is 29.6 Å². The van der Waals surface area contributed by atoms with Gasteiger partial charge in [0.05, 0.1) is 12.0 Å². The molecular formula is C18H19N3O3S. The fourth-order valence-corrected chi connectivity index (χ4v) is 3.31. The number of hydrogen-bond acceptors (Lipinski definition) is 5. The van der Waals surface area contributed by atoms with Crippen molar-refractivity contribution >= 4 is 34.1 Å². The van der Waals surface area contributed by atoms with Crippen molar-refractivity contribution in [1.29, 1.82) is 0 Å². The van der Waals surface area contributed by atoms with Crippen LogP contribution in [0.5, 0.6) is 5.75 Å². The maximum absolute atomic E-state index is 12.6. The van der Waals surface area contributed by atoms with Crippen LogP contribution in [0.25, 0.3) is 21.7 Å². The van der Waals surface area contributed by atoms with E-state index < -0.39 is 0 Å². The molecule has 2 N–H and O–H groups in total. The number of nitrogens with one attached hydrogen (secondary N) is 2. The summed E-state index contributed by atoms with van der Waals surface area (Å²) in [5.74, 6) is 1.29. The van der Waals surface area contributed by atoms with Crippen molar-refractivity contribution in [3.63, 3.8) is 0 Å². The first-order valence-corrected chi connectivity index (χ1v) is 8.86. The van der Waals surface area contributed by atoms with Crippen LogP contribution < -0.4 is 10.1 Å². The Labute approximate surface area is 149 Å². The van der Waals surface area contributed by atoms with Gasteiger partial charge in [-0.2, -0.15) is 0 Å². The number of methoxy groups -OCH3 is 1. The van der Waals surface area contributed by atoms with Gasteiger partial charge in [0.25, 0.3) is 0 Å². The number of rotatable bonds is 7. The van der Waals surface area contributed by atoms with Gasteiger partial charge < -0.3 is 15.0 Å². The van der Waals surface area contributed by atoms with Crippen molar-refractivity contribution in [2.24, 2.45) is 0 Å². The van der Waals surface area contributed by atoms with Gasteiger partial charge in [0.1, 0.15) is 22.6 Å². The number of Topliss-reactive ketones (excluding diaryl/α,β-unsaturated/α-hetero) is 1. The first kappa shape index (κ1) is 17.2. The molecule has 7 heteroatoms. The molecule has 3 aromatic rings. The highest BCUT2D eigenvalue weighted by Crippen LogP contribution is 2.31. The molecule has 0 saturated carbocycles. The average Bonchev–Trinajstić information content (AvgIpc) is 3.26. The molecule has 0 atom stereocenters. The Kier molecular flexibility index (Phi) is 5.14. The number of aromatic nitrogens is 2. The SMILES string of the molecule is COc1ccc(C(=O)CCCNC(C)=O)c2nc(-c3cccs3)[nH]c12. The van der Waals surface area contributed by atoms with Gasteiger partial charge in [0, 0.05) is 25.5 Å². The molecule has 25 heavy (non-hydrogen) atoms. The third-order valence-corrected chi connectivity index (χ3v) is 4.71. The molecule has 1 amide bonds. The number of fused-ring (bicyclic) bond motifs is 1. The van der Waals surface area contributed by atoms with Crippen LogP contribution in [0.1, 0.15) is 30.1 Å². The molecule has 0 spiro atoms. The molecule has 0 aliphatic carbocycles. The molecular weight excluding hydrogens is 338 g/mol. The van der Waals surface area contributed by atoms with E-state index in [2.05, 4.69) is 15.3 Å². The van der Waals surface area contributed by atoms with Crippen molar-refractivity contribution in [1.82, 2.24) is 15.3 Å². The summed E-state index contributed by atoms with van der Waals surface area (Å²) in [6.45, 7) is 1.95. The highest BCUT2D eigenvalue weighted by atomic mass is 32.1. The molecule has 2 aromatic heterocycles. The van der Waals surface area contributed by atoms with E-state index in [9.17, 15) is 9.59 Å². The van der Waals surface area contributed by atoms with Crippen molar-refractivity contribution in [3.05, 3.63) is 35.2 Å². The Hall–Kier alpha value is -2.67. The van der Waals surface area contributed by atoms with Gasteiger partial charge in [-0.1, -0.05) is 6.07 Å². The predicted octanol–water partition coefficient (Wildman–Crippen LogP) is 3.40. The van der Waals surface area contributed by atoms with Gasteiger partial charge in [-0.3, -0.25) is 9.59 Å². The summed E-state index contributed by atoms with van der Waals surface area (Å²) < 4.78 is 5.39. The lowest BCUT2D eigenvalue weighted by Gasteiger charge is -2.06. The van der Waals surface area contributed by atoms with Crippen LogP contribution in [0.3, 0.4) is 0 Å². The fourth-order valence-electron chi connectivity index (χ4n) is 2.64. The highest BCUT2D eigenvalue weighted by molar-refractivity contribution is 7.13. The molecule has 6 nitrogen and oxygen atoms in total. The number of aromatic amines is 1. The zero-order chi connectivity index (χ0) is 17.8. The smallest absolute Gasteiger partial charge is 0.216 e. The number of ketones is 1. The Morgan fingerprint density at radius 2 is 2.16 bits per heavy atom. The van der Waals surface area contributed by atoms with Crippen LogP contribution in [0.2, 0.25) is 0 Å². The van der Waals surface area contributed by atoms with E-state index in [0.717, 1.165) is 16.2 Å². The second kappa shape index (κ2) is 7.48. The summed E-state index contributed by atoms with van der Waals surface area (Å²) in [7, 11) is 1.59. The number of ether oxygens (including phenoxy) is 1. The van der Waals surface area contributed by atoms with E-state index in [0.29, 0.717) is 36.2 Å². The zero-order valence-electron chi connectivity index (χ0n) is 14.1. The first-order chi connectivity index (χ1) is 12.1. The number of imidazole rings is 1. The van der Waals surface area contributed by atoms with E-state index >= 15 is 0 Å². The molecule has 0 aliphatic heterocycles. The van der Waals surface area contributed by atoms with E-state index in [1.807, 2.05) is 17.5 Å². The van der Waals surface area contributed by atoms with E-state index in [4.69, 9.17) is 4.74 Å². The lowest BCUT2D eigenvalue weighted by Crippen LogP contribution is -2.21. The Morgan fingerprint density at radius 3 is 2.84 bits per heavy atom. The number of nitrogens with zero attached hydrogens (tertiary/aromatic N) is 1. The third-order valence-electron chi connectivity index (χ3n) is 3.84. The minimum atomic E-state index is -0.0906. The maximum Gasteiger partial charge on any atom is 0.216 e. The standard InChI is InChI=1S/C18H19N3O3S/c1-11(22)19-9-3-5-13(23)12-7-8-14(24-2)17-16(12)20-18(21-17)15-6-4-10-25-15/h4,6-8,10H,3,5,9H2,1-2H3,(H,19,22)(H,20,21). The maximum atomic E-state index is 12.6. The molecule has 0 fully saturated rings. The van der Waals surface area contributed by atoms with Crippen LogP contribution >= 0.6 is 11.3 Å². The monoisotopic (exact) mass is 357 g/mol. The van der Waals surface area contributed by atoms with Crippen molar-refractivity contribution in [3.8, 4) is 16.5 Å². The largest absolute Gasteiger partial charge is 0.494 e. The van der Waals surface area contributed by atoms with Gasteiger partial charge >= 0.3 is 0 Å². The predicted molar refractivity (Wildman–Crippen MR) is 98.2 cm³/mol. The van der Waals surface area contributed by atoms with Gasteiger partial charge in [-0.05, 0) is 30.0 Å². The zero-order valence-corrected chi connectivity index (χ0v) is 14.9. The van der Waals surface area contributed by atoms with Gasteiger partial charge in [0.15, 0.2) is 5.78 Å². The Morgan fingerprint density at radius 1 is 1.32 bits per heavy atom. The van der Waals surface area contributed by atoms with Gasteiger partial charge in [-0.25, -0.2) is 4.98 Å². The topological polar surface area (TPSA) is 84.1 Å². The quantitative estimate of drug-likeness (QED) is 0.501. The lowest BCUT2D eigenvalue weighted by molar-refractivity contribution is -0.118. The second-order valence-electron chi connectivity index (χ2n) is 5.61. The summed E-state index contributed by atoms with van der Waals surface area (Å²) in [5, 5.41) is 4.68. The van der Waals surface area contributed by atoms with E-state index in [1.165, 1.54) is 6.92 Å². The van der Waals surface area contributed by atoms with E-state index in [-0.39, 0.29) is 11.7 Å². The summed E-state index contributed by atoms with van der Waals surface area (Å²) in [5.41, 5.74) is 1.91. The molecule has 0 saturated heterocycles. The van der Waals surface area contributed by atoms with Crippen LogP contribution in [-0.2, 0) is 4.79 Å². The lowest BCUT2D eigenvalue weighted by atomic mass is 10.0. The Balaban J connectivity index is 1.90. The average molecular weight is 357 g/mol. The minimum absolute atomic E-state index is 0.00207. The molecule has 1 aromatic carbocycles. The molecule has 130 valence electrons. The number of amides is 1. The summed E-state index contributed by atoms with van der Waals surface area (Å²) in [4.78, 5) is 32.4. The summed E-state index contributed by atoms with van der Waals surface area (Å²) in [6, 6.07) is 7.46. The number of carbonyl (C=O) groups excluding carboxylic acids is 2. The number of benzene rings is 1. The minimum Gasteiger partial charge on any atom is -0.494 e. The third kappa shape index (κ3) is 3.71. The number of carbonyl (C=O) groups is 2. The van der Waals surface area contributed by atoms with Crippen LogP contribution in [-0.4, -0.2) is 35.3 Å². The Bertz CT molecular complexity index is 900. The normalized spacial score (nSPS) is 10.8. The second-order valence-corrected chi connectivity index (χ2v) is 6.56. The molecule has 2 heterocycles. The highest BCUT2D eigenvalue weighted by Gasteiger charge is 2.18. The first-order valence-electron chi connectivity index (χ1n) is 7.98. The van der Waals surface area contributed by atoms with Crippen molar-refractivity contribution in [2.45, 2.75) is 19.8 Å². The van der Waals surface area contributed by atoms with Gasteiger partial charge in [0.2, 0.25) is 5.91 Å². The summed E-state index contributed by atoms with van der Waals surface area (Å²) >= 11 is 1.58. The molecule has 0 bridgehead atoms. The molecule has 0 radical (unpaired) electrons. The van der Waals surface area contributed by atoms with Crippen LogP contribution in [0, 0.1) is 0 Å².